The molecule has 0 radical (unpaired) electrons. The van der Waals surface area contributed by atoms with Crippen LogP contribution in [0, 0.1) is 5.92 Å². The van der Waals surface area contributed by atoms with Gasteiger partial charge in [0.1, 0.15) is 0 Å². The molecule has 1 heterocycles. The van der Waals surface area contributed by atoms with Crippen LogP contribution in [0.25, 0.3) is 0 Å². The van der Waals surface area contributed by atoms with Crippen LogP contribution in [0.5, 0.6) is 0 Å². The number of ether oxygens (including phenoxy) is 1. The van der Waals surface area contributed by atoms with Gasteiger partial charge in [-0.05, 0) is 25.7 Å². The van der Waals surface area contributed by atoms with Crippen molar-refractivity contribution >= 4 is 0 Å². The molecule has 0 N–H and O–H groups in total. The molecule has 1 heteroatoms. The van der Waals surface area contributed by atoms with Crippen molar-refractivity contribution in [1.29, 1.82) is 0 Å². The van der Waals surface area contributed by atoms with E-state index in [0.717, 1.165) is 12.5 Å². The molecule has 1 saturated carbocycles. The van der Waals surface area contributed by atoms with Gasteiger partial charge in [-0.15, -0.1) is 0 Å². The molecule has 0 aromatic carbocycles. The number of hydrogen-bond donors (Lipinski definition) is 0. The Kier molecular flexibility index (Phi) is 0.974. The zero-order valence-corrected chi connectivity index (χ0v) is 5.76. The molecule has 0 amide bonds. The van der Waals surface area contributed by atoms with Crippen molar-refractivity contribution in [3.63, 3.8) is 0 Å². The van der Waals surface area contributed by atoms with Crippen LogP contribution in [-0.4, -0.2) is 12.2 Å². The molecule has 1 saturated heterocycles. The van der Waals surface area contributed by atoms with E-state index >= 15 is 0 Å². The fourth-order valence-corrected chi connectivity index (χ4v) is 1.77. The molecular formula is C8H12O. The van der Waals surface area contributed by atoms with E-state index in [-0.39, 0.29) is 5.60 Å². The van der Waals surface area contributed by atoms with Crippen molar-refractivity contribution < 1.29 is 4.74 Å². The summed E-state index contributed by atoms with van der Waals surface area (Å²) in [5, 5.41) is 0. The fraction of sp³-hybridized carbons (Fsp3) is 0.750. The molecule has 0 aromatic rings. The highest BCUT2D eigenvalue weighted by atomic mass is 16.5. The molecule has 0 unspecified atom stereocenters. The fourth-order valence-electron chi connectivity index (χ4n) is 1.77. The molecule has 1 nitrogen and oxygen atoms in total. The maximum Gasteiger partial charge on any atom is 0.0896 e. The Morgan fingerprint density at radius 1 is 1.67 bits per heavy atom. The van der Waals surface area contributed by atoms with Crippen LogP contribution >= 0.6 is 0 Å². The lowest BCUT2D eigenvalue weighted by atomic mass is 10.2. The average Bonchev–Trinajstić information content (AvgIpc) is 2.37. The molecule has 0 spiro atoms. The van der Waals surface area contributed by atoms with Gasteiger partial charge in [0.15, 0.2) is 0 Å². The second-order valence-electron chi connectivity index (χ2n) is 2.99. The van der Waals surface area contributed by atoms with Gasteiger partial charge in [0, 0.05) is 6.61 Å². The second kappa shape index (κ2) is 1.60. The van der Waals surface area contributed by atoms with Gasteiger partial charge in [-0.2, -0.15) is 0 Å². The number of allylic oxidation sites excluding steroid dienone is 1. The Morgan fingerprint density at radius 2 is 2.56 bits per heavy atom. The first-order valence-electron chi connectivity index (χ1n) is 3.65. The van der Waals surface area contributed by atoms with Crippen LogP contribution in [0.3, 0.4) is 0 Å². The Balaban J connectivity index is 2.10. The van der Waals surface area contributed by atoms with Gasteiger partial charge in [-0.1, -0.05) is 12.2 Å². The van der Waals surface area contributed by atoms with Gasteiger partial charge in [-0.25, -0.2) is 0 Å². The summed E-state index contributed by atoms with van der Waals surface area (Å²) in [4.78, 5) is 0. The summed E-state index contributed by atoms with van der Waals surface area (Å²) in [6, 6.07) is 0. The van der Waals surface area contributed by atoms with Crippen LogP contribution in [0.2, 0.25) is 0 Å². The molecule has 0 bridgehead atoms. The summed E-state index contributed by atoms with van der Waals surface area (Å²) in [6.07, 6.45) is 6.87. The lowest BCUT2D eigenvalue weighted by Gasteiger charge is -2.03. The van der Waals surface area contributed by atoms with E-state index in [0.29, 0.717) is 0 Å². The first kappa shape index (κ1) is 5.48. The molecule has 1 aliphatic heterocycles. The van der Waals surface area contributed by atoms with E-state index in [2.05, 4.69) is 19.1 Å². The molecule has 0 aromatic heterocycles. The SMILES string of the molecule is C/C=C/[C@]12C[C@H]1CCO2. The minimum atomic E-state index is 0.231. The highest BCUT2D eigenvalue weighted by Crippen LogP contribution is 2.54. The highest BCUT2D eigenvalue weighted by molar-refractivity contribution is 5.20. The average molecular weight is 124 g/mol. The normalized spacial score (nSPS) is 47.9. The summed E-state index contributed by atoms with van der Waals surface area (Å²) in [6.45, 7) is 3.04. The van der Waals surface area contributed by atoms with Crippen LogP contribution in [-0.2, 0) is 4.74 Å². The summed E-state index contributed by atoms with van der Waals surface area (Å²) >= 11 is 0. The highest BCUT2D eigenvalue weighted by Gasteiger charge is 2.56. The number of rotatable bonds is 1. The smallest absolute Gasteiger partial charge is 0.0896 e. The topological polar surface area (TPSA) is 9.23 Å². The molecule has 50 valence electrons. The molecular weight excluding hydrogens is 112 g/mol. The minimum absolute atomic E-state index is 0.231. The van der Waals surface area contributed by atoms with Crippen molar-refractivity contribution in [2.75, 3.05) is 6.61 Å². The third-order valence-corrected chi connectivity index (χ3v) is 2.38. The van der Waals surface area contributed by atoms with E-state index in [4.69, 9.17) is 4.74 Å². The first-order chi connectivity index (χ1) is 4.37. The Morgan fingerprint density at radius 3 is 3.00 bits per heavy atom. The maximum atomic E-state index is 5.57. The van der Waals surface area contributed by atoms with Crippen LogP contribution in [0.1, 0.15) is 19.8 Å². The van der Waals surface area contributed by atoms with Gasteiger partial charge in [0.2, 0.25) is 0 Å². The van der Waals surface area contributed by atoms with E-state index < -0.39 is 0 Å². The quantitative estimate of drug-likeness (QED) is 0.484. The molecule has 2 rings (SSSR count). The standard InChI is InChI=1S/C8H12O/c1-2-4-8-6-7(8)3-5-9-8/h2,4,7H,3,5-6H2,1H3/b4-2+/t7-,8+/m1/s1. The summed E-state index contributed by atoms with van der Waals surface area (Å²) in [7, 11) is 0. The van der Waals surface area contributed by atoms with Crippen molar-refractivity contribution in [2.45, 2.75) is 25.4 Å². The number of hydrogen-bond acceptors (Lipinski definition) is 1. The zero-order chi connectivity index (χ0) is 6.32. The lowest BCUT2D eigenvalue weighted by molar-refractivity contribution is 0.102. The Hall–Kier alpha value is -0.300. The van der Waals surface area contributed by atoms with Crippen molar-refractivity contribution in [3.05, 3.63) is 12.2 Å². The summed E-state index contributed by atoms with van der Waals surface area (Å²) in [5.41, 5.74) is 0.231. The molecule has 1 aliphatic carbocycles. The summed E-state index contributed by atoms with van der Waals surface area (Å²) < 4.78 is 5.57. The van der Waals surface area contributed by atoms with Crippen LogP contribution < -0.4 is 0 Å². The van der Waals surface area contributed by atoms with Crippen molar-refractivity contribution in [2.24, 2.45) is 5.92 Å². The molecule has 2 aliphatic rings. The van der Waals surface area contributed by atoms with Gasteiger partial charge in [0.25, 0.3) is 0 Å². The maximum absolute atomic E-state index is 5.57. The predicted octanol–water partition coefficient (Wildman–Crippen LogP) is 1.74. The van der Waals surface area contributed by atoms with Gasteiger partial charge in [-0.3, -0.25) is 0 Å². The molecule has 2 fully saturated rings. The Labute approximate surface area is 55.7 Å². The number of fused-ring (bicyclic) bond motifs is 1. The molecule has 9 heavy (non-hydrogen) atoms. The third kappa shape index (κ3) is 0.645. The zero-order valence-electron chi connectivity index (χ0n) is 5.76. The largest absolute Gasteiger partial charge is 0.371 e. The minimum Gasteiger partial charge on any atom is -0.371 e. The third-order valence-electron chi connectivity index (χ3n) is 2.38. The van der Waals surface area contributed by atoms with Crippen molar-refractivity contribution in [1.82, 2.24) is 0 Å². The van der Waals surface area contributed by atoms with E-state index in [1.165, 1.54) is 12.8 Å². The lowest BCUT2D eigenvalue weighted by Crippen LogP contribution is -2.06. The Bertz CT molecular complexity index is 151. The van der Waals surface area contributed by atoms with Gasteiger partial charge in [0.05, 0.1) is 5.60 Å². The second-order valence-corrected chi connectivity index (χ2v) is 2.99. The van der Waals surface area contributed by atoms with Gasteiger partial charge < -0.3 is 4.74 Å². The van der Waals surface area contributed by atoms with E-state index in [1.807, 2.05) is 0 Å². The molecule has 2 atom stereocenters. The van der Waals surface area contributed by atoms with E-state index in [9.17, 15) is 0 Å². The summed E-state index contributed by atoms with van der Waals surface area (Å²) in [5.74, 6) is 0.869. The van der Waals surface area contributed by atoms with E-state index in [1.54, 1.807) is 0 Å². The predicted molar refractivity (Wildman–Crippen MR) is 36.2 cm³/mol. The van der Waals surface area contributed by atoms with Crippen molar-refractivity contribution in [3.8, 4) is 0 Å². The monoisotopic (exact) mass is 124 g/mol. The van der Waals surface area contributed by atoms with Crippen LogP contribution in [0.4, 0.5) is 0 Å². The van der Waals surface area contributed by atoms with Crippen LogP contribution in [0.15, 0.2) is 12.2 Å². The van der Waals surface area contributed by atoms with Gasteiger partial charge >= 0.3 is 0 Å². The first-order valence-corrected chi connectivity index (χ1v) is 3.65.